The molecule has 6 heteroatoms. The summed E-state index contributed by atoms with van der Waals surface area (Å²) in [4.78, 5) is 21.8. The third-order valence-corrected chi connectivity index (χ3v) is 2.66. The molecule has 19 heavy (non-hydrogen) atoms. The van der Waals surface area contributed by atoms with E-state index in [1.165, 1.54) is 12.1 Å². The monoisotopic (exact) mass is 267 g/mol. The van der Waals surface area contributed by atoms with Crippen LogP contribution in [0.4, 0.5) is 5.69 Å². The lowest BCUT2D eigenvalue weighted by Crippen LogP contribution is -2.14. The Morgan fingerprint density at radius 3 is 2.53 bits per heavy atom. The first-order valence-electron chi connectivity index (χ1n) is 6.05. The van der Waals surface area contributed by atoms with E-state index in [2.05, 4.69) is 0 Å². The number of nitrogens with zero attached hydrogens (tertiary/aromatic N) is 1. The fraction of sp³-hybridized carbons (Fsp3) is 0.462. The summed E-state index contributed by atoms with van der Waals surface area (Å²) in [5.41, 5.74) is -0.0800. The Hall–Kier alpha value is -2.11. The highest BCUT2D eigenvalue weighted by atomic mass is 16.6. The van der Waals surface area contributed by atoms with E-state index in [-0.39, 0.29) is 29.5 Å². The number of carboxylic acid groups (broad SMARTS) is 1. The summed E-state index contributed by atoms with van der Waals surface area (Å²) in [5.74, 6) is -1.87. The summed E-state index contributed by atoms with van der Waals surface area (Å²) in [7, 11) is 0. The molecule has 1 N–H and O–H groups in total. The van der Waals surface area contributed by atoms with Gasteiger partial charge in [0.15, 0.2) is 5.75 Å². The molecule has 0 aliphatic rings. The lowest BCUT2D eigenvalue weighted by Gasteiger charge is -2.15. The fourth-order valence-corrected chi connectivity index (χ4v) is 1.89. The number of hydrogen-bond acceptors (Lipinski definition) is 4. The second-order valence-corrected chi connectivity index (χ2v) is 4.42. The molecule has 0 heterocycles. The zero-order valence-electron chi connectivity index (χ0n) is 11.1. The van der Waals surface area contributed by atoms with Gasteiger partial charge < -0.3 is 9.84 Å². The summed E-state index contributed by atoms with van der Waals surface area (Å²) in [6.07, 6.45) is 0.0558. The highest BCUT2D eigenvalue weighted by Crippen LogP contribution is 2.37. The first-order chi connectivity index (χ1) is 8.88. The molecule has 0 amide bonds. The van der Waals surface area contributed by atoms with Crippen LogP contribution in [0.5, 0.6) is 5.75 Å². The molecule has 0 fully saturated rings. The molecule has 0 radical (unpaired) electrons. The van der Waals surface area contributed by atoms with Gasteiger partial charge in [-0.2, -0.15) is 0 Å². The number of aliphatic carboxylic acids is 1. The molecule has 1 aromatic rings. The van der Waals surface area contributed by atoms with Crippen LogP contribution in [0, 0.1) is 10.1 Å². The first kappa shape index (κ1) is 14.9. The van der Waals surface area contributed by atoms with Gasteiger partial charge in [0.05, 0.1) is 16.9 Å². The van der Waals surface area contributed by atoms with Crippen molar-refractivity contribution in [3.8, 4) is 5.75 Å². The molecule has 104 valence electrons. The molecule has 0 aliphatic carbocycles. The van der Waals surface area contributed by atoms with Crippen molar-refractivity contribution in [3.05, 3.63) is 33.9 Å². The largest absolute Gasteiger partial charge is 0.484 e. The number of benzene rings is 1. The molecule has 6 nitrogen and oxygen atoms in total. The van der Waals surface area contributed by atoms with Gasteiger partial charge in [-0.3, -0.25) is 14.9 Å². The van der Waals surface area contributed by atoms with Gasteiger partial charge in [-0.25, -0.2) is 0 Å². The molecule has 0 saturated heterocycles. The lowest BCUT2D eigenvalue weighted by molar-refractivity contribution is -0.386. The summed E-state index contributed by atoms with van der Waals surface area (Å²) in [6, 6.07) is 4.52. The molecule has 1 aromatic carbocycles. The van der Waals surface area contributed by atoms with E-state index >= 15 is 0 Å². The average molecular weight is 267 g/mol. The van der Waals surface area contributed by atoms with Crippen LogP contribution < -0.4 is 4.74 Å². The Labute approximate surface area is 111 Å². The van der Waals surface area contributed by atoms with E-state index in [0.29, 0.717) is 0 Å². The lowest BCUT2D eigenvalue weighted by atomic mass is 9.94. The Morgan fingerprint density at radius 2 is 2.11 bits per heavy atom. The van der Waals surface area contributed by atoms with Crippen molar-refractivity contribution in [2.75, 3.05) is 0 Å². The number of ether oxygens (including phenoxy) is 1. The minimum Gasteiger partial charge on any atom is -0.484 e. The second kappa shape index (κ2) is 6.17. The summed E-state index contributed by atoms with van der Waals surface area (Å²) >= 11 is 0. The molecular weight excluding hydrogens is 250 g/mol. The van der Waals surface area contributed by atoms with Crippen LogP contribution in [0.15, 0.2) is 18.2 Å². The predicted molar refractivity (Wildman–Crippen MR) is 69.5 cm³/mol. The molecular formula is C13H17NO5. The minimum atomic E-state index is -1.08. The van der Waals surface area contributed by atoms with Crippen LogP contribution in [0.2, 0.25) is 0 Å². The van der Waals surface area contributed by atoms with Crippen molar-refractivity contribution < 1.29 is 19.6 Å². The van der Waals surface area contributed by atoms with Crippen molar-refractivity contribution in [1.82, 2.24) is 0 Å². The standard InChI is InChI=1S/C13H17NO5/c1-4-9(13(15)16)10-6-5-7-11(19-8(2)3)12(10)14(17)18/h5-9H,4H2,1-3H3,(H,15,16). The van der Waals surface area contributed by atoms with Gasteiger partial charge in [0.2, 0.25) is 0 Å². The minimum absolute atomic E-state index is 0.109. The molecule has 1 unspecified atom stereocenters. The molecule has 0 spiro atoms. The number of rotatable bonds is 6. The SMILES string of the molecule is CCC(C(=O)O)c1cccc(OC(C)C)c1[N+](=O)[O-]. The normalized spacial score (nSPS) is 12.2. The highest BCUT2D eigenvalue weighted by Gasteiger charge is 2.30. The van der Waals surface area contributed by atoms with Crippen LogP contribution in [-0.4, -0.2) is 22.1 Å². The molecule has 0 aliphatic heterocycles. The highest BCUT2D eigenvalue weighted by molar-refractivity contribution is 5.78. The average Bonchev–Trinajstić information content (AvgIpc) is 2.28. The third kappa shape index (κ3) is 3.43. The van der Waals surface area contributed by atoms with Gasteiger partial charge in [0.1, 0.15) is 0 Å². The van der Waals surface area contributed by atoms with E-state index in [4.69, 9.17) is 9.84 Å². The number of nitro benzene ring substituents is 1. The van der Waals surface area contributed by atoms with E-state index in [0.717, 1.165) is 0 Å². The molecule has 0 saturated carbocycles. The summed E-state index contributed by atoms with van der Waals surface area (Å²) in [6.45, 7) is 5.19. The number of para-hydroxylation sites is 1. The maximum atomic E-state index is 11.2. The van der Waals surface area contributed by atoms with Gasteiger partial charge in [-0.15, -0.1) is 0 Å². The van der Waals surface area contributed by atoms with E-state index in [1.54, 1.807) is 26.8 Å². The number of carbonyl (C=O) groups is 1. The fourth-order valence-electron chi connectivity index (χ4n) is 1.89. The number of hydrogen-bond donors (Lipinski definition) is 1. The van der Waals surface area contributed by atoms with Crippen LogP contribution >= 0.6 is 0 Å². The van der Waals surface area contributed by atoms with Gasteiger partial charge in [0.25, 0.3) is 0 Å². The van der Waals surface area contributed by atoms with Crippen molar-refractivity contribution in [3.63, 3.8) is 0 Å². The van der Waals surface area contributed by atoms with Crippen molar-refractivity contribution in [2.45, 2.75) is 39.2 Å². The van der Waals surface area contributed by atoms with Gasteiger partial charge in [0, 0.05) is 5.56 Å². The first-order valence-corrected chi connectivity index (χ1v) is 6.05. The van der Waals surface area contributed by atoms with E-state index in [1.807, 2.05) is 0 Å². The van der Waals surface area contributed by atoms with Crippen molar-refractivity contribution in [2.24, 2.45) is 0 Å². The van der Waals surface area contributed by atoms with Crippen molar-refractivity contribution >= 4 is 11.7 Å². The van der Waals surface area contributed by atoms with E-state index < -0.39 is 16.8 Å². The predicted octanol–water partition coefficient (Wildman–Crippen LogP) is 2.96. The zero-order valence-corrected chi connectivity index (χ0v) is 11.1. The Balaban J connectivity index is 3.39. The number of carboxylic acids is 1. The summed E-state index contributed by atoms with van der Waals surface area (Å²) in [5, 5.41) is 20.3. The Morgan fingerprint density at radius 1 is 1.47 bits per heavy atom. The van der Waals surface area contributed by atoms with Gasteiger partial charge in [-0.1, -0.05) is 19.1 Å². The molecule has 1 rings (SSSR count). The smallest absolute Gasteiger partial charge is 0.314 e. The molecule has 0 bridgehead atoms. The molecule has 0 aromatic heterocycles. The van der Waals surface area contributed by atoms with E-state index in [9.17, 15) is 14.9 Å². The maximum absolute atomic E-state index is 11.2. The topological polar surface area (TPSA) is 89.7 Å². The van der Waals surface area contributed by atoms with Crippen LogP contribution in [0.3, 0.4) is 0 Å². The van der Waals surface area contributed by atoms with Crippen molar-refractivity contribution in [1.29, 1.82) is 0 Å². The number of nitro groups is 1. The maximum Gasteiger partial charge on any atom is 0.314 e. The zero-order chi connectivity index (χ0) is 14.6. The quantitative estimate of drug-likeness (QED) is 0.632. The van der Waals surface area contributed by atoms with Crippen LogP contribution in [0.1, 0.15) is 38.7 Å². The van der Waals surface area contributed by atoms with Crippen LogP contribution in [0.25, 0.3) is 0 Å². The second-order valence-electron chi connectivity index (χ2n) is 4.42. The van der Waals surface area contributed by atoms with Gasteiger partial charge >= 0.3 is 11.7 Å². The summed E-state index contributed by atoms with van der Waals surface area (Å²) < 4.78 is 5.39. The third-order valence-electron chi connectivity index (χ3n) is 2.66. The van der Waals surface area contributed by atoms with Crippen LogP contribution in [-0.2, 0) is 4.79 Å². The van der Waals surface area contributed by atoms with Gasteiger partial charge in [-0.05, 0) is 26.3 Å². The Kier molecular flexibility index (Phi) is 4.86. The molecule has 1 atom stereocenters. The Bertz CT molecular complexity index is 484.